The maximum atomic E-state index is 11.2. The highest BCUT2D eigenvalue weighted by Gasteiger charge is 2.20. The summed E-state index contributed by atoms with van der Waals surface area (Å²) in [6.07, 6.45) is 3.65. The van der Waals surface area contributed by atoms with E-state index in [1.807, 2.05) is 0 Å². The molecule has 0 aliphatic heterocycles. The second-order valence-electron chi connectivity index (χ2n) is 4.17. The van der Waals surface area contributed by atoms with Gasteiger partial charge in [-0.3, -0.25) is 0 Å². The largest absolute Gasteiger partial charge is 0.477 e. The first-order chi connectivity index (χ1) is 8.15. The lowest BCUT2D eigenvalue weighted by Crippen LogP contribution is -2.02. The van der Waals surface area contributed by atoms with Gasteiger partial charge in [-0.1, -0.05) is 26.7 Å². The Hall–Kier alpha value is -1.29. The highest BCUT2D eigenvalue weighted by atomic mass is 16.5. The average Bonchev–Trinajstić information content (AvgIpc) is 2.60. The third-order valence-electron chi connectivity index (χ3n) is 2.81. The average molecular weight is 239 g/mol. The molecule has 0 fully saturated rings. The molecule has 4 nitrogen and oxygen atoms in total. The van der Waals surface area contributed by atoms with Crippen LogP contribution in [-0.4, -0.2) is 23.2 Å². The van der Waals surface area contributed by atoms with E-state index in [-0.39, 0.29) is 0 Å². The number of nitrogens with one attached hydrogen (secondary N) is 1. The van der Waals surface area contributed by atoms with Gasteiger partial charge in [0.2, 0.25) is 0 Å². The Morgan fingerprint density at radius 2 is 1.82 bits per heavy atom. The van der Waals surface area contributed by atoms with E-state index < -0.39 is 5.97 Å². The SMILES string of the molecule is CCCc1c(COC)[nH]c(C(=O)O)c1CCC. The van der Waals surface area contributed by atoms with Gasteiger partial charge in [0.1, 0.15) is 5.69 Å². The second kappa shape index (κ2) is 6.45. The van der Waals surface area contributed by atoms with Crippen molar-refractivity contribution in [2.75, 3.05) is 7.11 Å². The third kappa shape index (κ3) is 3.09. The van der Waals surface area contributed by atoms with E-state index in [9.17, 15) is 9.90 Å². The number of hydrogen-bond acceptors (Lipinski definition) is 2. The zero-order chi connectivity index (χ0) is 12.8. The summed E-state index contributed by atoms with van der Waals surface area (Å²) in [4.78, 5) is 14.2. The number of aromatic nitrogens is 1. The molecule has 0 amide bonds. The molecule has 1 rings (SSSR count). The summed E-state index contributed by atoms with van der Waals surface area (Å²) in [6, 6.07) is 0. The summed E-state index contributed by atoms with van der Waals surface area (Å²) in [5.74, 6) is -0.881. The van der Waals surface area contributed by atoms with Crippen molar-refractivity contribution in [2.45, 2.75) is 46.1 Å². The smallest absolute Gasteiger partial charge is 0.352 e. The molecule has 96 valence electrons. The predicted octanol–water partition coefficient (Wildman–Crippen LogP) is 2.76. The fourth-order valence-electron chi connectivity index (χ4n) is 2.16. The summed E-state index contributed by atoms with van der Waals surface area (Å²) in [5.41, 5.74) is 3.33. The number of hydrogen-bond donors (Lipinski definition) is 2. The molecule has 17 heavy (non-hydrogen) atoms. The zero-order valence-corrected chi connectivity index (χ0v) is 10.8. The van der Waals surface area contributed by atoms with Crippen LogP contribution < -0.4 is 0 Å². The summed E-state index contributed by atoms with van der Waals surface area (Å²) in [6.45, 7) is 4.60. The van der Waals surface area contributed by atoms with Gasteiger partial charge in [0.25, 0.3) is 0 Å². The van der Waals surface area contributed by atoms with Gasteiger partial charge in [-0.25, -0.2) is 4.79 Å². The lowest BCUT2D eigenvalue weighted by molar-refractivity contribution is 0.0689. The van der Waals surface area contributed by atoms with E-state index in [0.717, 1.165) is 42.5 Å². The number of carboxylic acids is 1. The van der Waals surface area contributed by atoms with Crippen molar-refractivity contribution < 1.29 is 14.6 Å². The van der Waals surface area contributed by atoms with Crippen molar-refractivity contribution in [3.05, 3.63) is 22.5 Å². The Balaban J connectivity index is 3.21. The quantitative estimate of drug-likeness (QED) is 0.769. The maximum Gasteiger partial charge on any atom is 0.352 e. The van der Waals surface area contributed by atoms with Crippen LogP contribution in [0, 0.1) is 0 Å². The summed E-state index contributed by atoms with van der Waals surface area (Å²) < 4.78 is 5.12. The number of methoxy groups -OCH3 is 1. The molecule has 0 bridgehead atoms. The van der Waals surface area contributed by atoms with Crippen molar-refractivity contribution in [1.82, 2.24) is 4.98 Å². The minimum Gasteiger partial charge on any atom is -0.477 e. The van der Waals surface area contributed by atoms with Gasteiger partial charge < -0.3 is 14.8 Å². The number of H-pyrrole nitrogens is 1. The minimum atomic E-state index is -0.881. The van der Waals surface area contributed by atoms with Gasteiger partial charge in [-0.05, 0) is 24.0 Å². The van der Waals surface area contributed by atoms with Crippen LogP contribution in [0.1, 0.15) is 54.0 Å². The molecular weight excluding hydrogens is 218 g/mol. The third-order valence-corrected chi connectivity index (χ3v) is 2.81. The van der Waals surface area contributed by atoms with E-state index >= 15 is 0 Å². The van der Waals surface area contributed by atoms with E-state index in [1.54, 1.807) is 7.11 Å². The second-order valence-corrected chi connectivity index (χ2v) is 4.17. The first-order valence-electron chi connectivity index (χ1n) is 6.10. The van der Waals surface area contributed by atoms with Crippen molar-refractivity contribution in [3.8, 4) is 0 Å². The van der Waals surface area contributed by atoms with Crippen molar-refractivity contribution >= 4 is 5.97 Å². The van der Waals surface area contributed by atoms with E-state index in [1.165, 1.54) is 0 Å². The molecule has 1 heterocycles. The number of carboxylic acid groups (broad SMARTS) is 1. The fraction of sp³-hybridized carbons (Fsp3) is 0.615. The van der Waals surface area contributed by atoms with Crippen LogP contribution in [0.3, 0.4) is 0 Å². The van der Waals surface area contributed by atoms with Gasteiger partial charge in [0.05, 0.1) is 6.61 Å². The van der Waals surface area contributed by atoms with Crippen LogP contribution >= 0.6 is 0 Å². The Kier molecular flexibility index (Phi) is 5.22. The van der Waals surface area contributed by atoms with Crippen LogP contribution in [-0.2, 0) is 24.2 Å². The standard InChI is InChI=1S/C13H21NO3/c1-4-6-9-10(7-5-2)12(13(15)16)14-11(9)8-17-3/h14H,4-8H2,1-3H3,(H,15,16). The molecule has 4 heteroatoms. The van der Waals surface area contributed by atoms with Crippen LogP contribution in [0.4, 0.5) is 0 Å². The Morgan fingerprint density at radius 3 is 2.29 bits per heavy atom. The van der Waals surface area contributed by atoms with Crippen LogP contribution in [0.25, 0.3) is 0 Å². The van der Waals surface area contributed by atoms with Crippen LogP contribution in [0.5, 0.6) is 0 Å². The first-order valence-corrected chi connectivity index (χ1v) is 6.10. The molecule has 0 atom stereocenters. The minimum absolute atomic E-state index is 0.336. The molecule has 0 aromatic carbocycles. The number of aromatic amines is 1. The number of ether oxygens (including phenoxy) is 1. The zero-order valence-electron chi connectivity index (χ0n) is 10.8. The molecule has 0 saturated heterocycles. The highest BCUT2D eigenvalue weighted by Crippen LogP contribution is 2.23. The fourth-order valence-corrected chi connectivity index (χ4v) is 2.16. The number of rotatable bonds is 7. The lowest BCUT2D eigenvalue weighted by Gasteiger charge is -2.05. The normalized spacial score (nSPS) is 10.8. The van der Waals surface area contributed by atoms with Gasteiger partial charge >= 0.3 is 5.97 Å². The summed E-state index contributed by atoms with van der Waals surface area (Å²) in [5, 5.41) is 9.19. The molecule has 0 radical (unpaired) electrons. The van der Waals surface area contributed by atoms with E-state index in [2.05, 4.69) is 18.8 Å². The van der Waals surface area contributed by atoms with Crippen molar-refractivity contribution in [3.63, 3.8) is 0 Å². The summed E-state index contributed by atoms with van der Waals surface area (Å²) >= 11 is 0. The van der Waals surface area contributed by atoms with Gasteiger partial charge in [0.15, 0.2) is 0 Å². The topological polar surface area (TPSA) is 62.3 Å². The molecule has 2 N–H and O–H groups in total. The van der Waals surface area contributed by atoms with Gasteiger partial charge in [0, 0.05) is 12.8 Å². The van der Waals surface area contributed by atoms with Crippen molar-refractivity contribution in [1.29, 1.82) is 0 Å². The van der Waals surface area contributed by atoms with E-state index in [0.29, 0.717) is 12.3 Å². The molecule has 1 aromatic rings. The monoisotopic (exact) mass is 239 g/mol. The van der Waals surface area contributed by atoms with Crippen LogP contribution in [0.15, 0.2) is 0 Å². The summed E-state index contributed by atoms with van der Waals surface area (Å²) in [7, 11) is 1.62. The maximum absolute atomic E-state index is 11.2. The predicted molar refractivity (Wildman–Crippen MR) is 66.5 cm³/mol. The molecule has 1 aromatic heterocycles. The van der Waals surface area contributed by atoms with Crippen molar-refractivity contribution in [2.24, 2.45) is 0 Å². The molecular formula is C13H21NO3. The van der Waals surface area contributed by atoms with Crippen LogP contribution in [0.2, 0.25) is 0 Å². The van der Waals surface area contributed by atoms with Gasteiger partial charge in [-0.15, -0.1) is 0 Å². The molecule has 0 unspecified atom stereocenters. The lowest BCUT2D eigenvalue weighted by atomic mass is 10.00. The molecule has 0 spiro atoms. The van der Waals surface area contributed by atoms with E-state index in [4.69, 9.17) is 4.74 Å². The number of aromatic carboxylic acids is 1. The number of carbonyl (C=O) groups is 1. The Labute approximate surface area is 102 Å². The molecule has 0 aliphatic rings. The van der Waals surface area contributed by atoms with Gasteiger partial charge in [-0.2, -0.15) is 0 Å². The Bertz CT molecular complexity index is 382. The highest BCUT2D eigenvalue weighted by molar-refractivity contribution is 5.88. The Morgan fingerprint density at radius 1 is 1.24 bits per heavy atom. The molecule has 0 saturated carbocycles. The molecule has 0 aliphatic carbocycles. The first kappa shape index (κ1) is 13.8.